The van der Waals surface area contributed by atoms with Crippen LogP contribution in [0.5, 0.6) is 11.5 Å². The van der Waals surface area contributed by atoms with Crippen LogP contribution in [0.4, 0.5) is 47.3 Å². The van der Waals surface area contributed by atoms with Crippen molar-refractivity contribution >= 4 is 58.5 Å². The van der Waals surface area contributed by atoms with Crippen LogP contribution in [0.25, 0.3) is 11.1 Å². The van der Waals surface area contributed by atoms with Gasteiger partial charge in [0, 0.05) is 37.6 Å². The van der Waals surface area contributed by atoms with Gasteiger partial charge in [-0.15, -0.1) is 0 Å². The highest BCUT2D eigenvalue weighted by Gasteiger charge is 2.37. The van der Waals surface area contributed by atoms with Crippen LogP contribution in [0.15, 0.2) is 84.9 Å². The number of ether oxygens (including phenoxy) is 5. The summed E-state index contributed by atoms with van der Waals surface area (Å²) < 4.78 is 111. The van der Waals surface area contributed by atoms with Crippen LogP contribution in [0.3, 0.4) is 0 Å². The molecule has 8 rings (SSSR count). The number of benzene rings is 4. The van der Waals surface area contributed by atoms with Crippen molar-refractivity contribution in [2.45, 2.75) is 162 Å². The lowest BCUT2D eigenvalue weighted by atomic mass is 9.89. The molecule has 0 bridgehead atoms. The van der Waals surface area contributed by atoms with E-state index in [9.17, 15) is 55.1 Å². The second-order valence-corrected chi connectivity index (χ2v) is 24.0. The fourth-order valence-corrected chi connectivity index (χ4v) is 10.7. The van der Waals surface area contributed by atoms with Crippen LogP contribution < -0.4 is 19.3 Å². The Hall–Kier alpha value is -8.04. The zero-order chi connectivity index (χ0) is 64.1. The van der Waals surface area contributed by atoms with Crippen molar-refractivity contribution < 1.29 is 83.9 Å². The number of anilines is 2. The molecule has 4 aliphatic rings. The smallest absolute Gasteiger partial charge is 0.417 e. The first kappa shape index (κ1) is 67.5. The zero-order valence-corrected chi connectivity index (χ0v) is 50.9. The number of carbonyl (C=O) groups is 6. The number of carboxylic acid groups (broad SMARTS) is 1. The maximum Gasteiger partial charge on any atom is 0.417 e. The van der Waals surface area contributed by atoms with Crippen LogP contribution >= 0.6 is 0 Å². The first-order valence-electron chi connectivity index (χ1n) is 29.7. The number of rotatable bonds is 19. The SMILES string of the molecule is CC(C)(C)OC(=O)N(CCC(=O)O)CC(=O)N1CCc2cc(OCc3ccc(C4=CCCCC4)c(C(F)(F)F)c3)ccc21.CCOC(=O)CCN(CC(=O)N1CCc2cc(OCc3ccc(C4=CCCCC4)c(C(F)(F)F)c3)ccc21)C(=O)OC(C)(C)C. The third-order valence-corrected chi connectivity index (χ3v) is 14.8. The predicted molar refractivity (Wildman–Crippen MR) is 319 cm³/mol. The van der Waals surface area contributed by atoms with Gasteiger partial charge in [0.2, 0.25) is 11.8 Å². The molecular weight excluding hydrogens is 1150 g/mol. The summed E-state index contributed by atoms with van der Waals surface area (Å²) in [6.45, 7) is 11.8. The van der Waals surface area contributed by atoms with Crippen LogP contribution in [-0.4, -0.2) is 108 Å². The topological polar surface area (TPSA) is 182 Å². The van der Waals surface area contributed by atoms with E-state index in [2.05, 4.69) is 0 Å². The number of aliphatic carboxylic acids is 1. The summed E-state index contributed by atoms with van der Waals surface area (Å²) in [6.07, 6.45) is 0.565. The fraction of sp³-hybridized carbons (Fsp3) is 0.485. The van der Waals surface area contributed by atoms with Gasteiger partial charge in [0.25, 0.3) is 0 Å². The maximum atomic E-state index is 14.0. The Morgan fingerprint density at radius 2 is 0.966 bits per heavy atom. The molecule has 2 aliphatic carbocycles. The number of hydrogen-bond acceptors (Lipinski definition) is 11. The Morgan fingerprint density at radius 3 is 1.33 bits per heavy atom. The largest absolute Gasteiger partial charge is 0.489 e. The van der Waals surface area contributed by atoms with Gasteiger partial charge in [0.15, 0.2) is 0 Å². The molecule has 0 aromatic heterocycles. The molecule has 0 fully saturated rings. The first-order valence-corrected chi connectivity index (χ1v) is 29.7. The van der Waals surface area contributed by atoms with Gasteiger partial charge in [0.1, 0.15) is 49.0 Å². The molecule has 476 valence electrons. The fourth-order valence-electron chi connectivity index (χ4n) is 10.7. The van der Waals surface area contributed by atoms with Gasteiger partial charge < -0.3 is 38.6 Å². The molecule has 0 saturated heterocycles. The number of esters is 1. The van der Waals surface area contributed by atoms with Gasteiger partial charge in [-0.3, -0.25) is 29.0 Å². The molecule has 0 saturated carbocycles. The standard InChI is InChI=1S/C34H41F3N2O6.C32H37F3N2O6/c1-5-43-31(41)16-17-38(32(42)45-33(2,3)4)21-30(40)39-18-15-25-20-26(12-14-29(25)39)44-22-23-11-13-27(24-9-7-6-8-10-24)28(19-23)34(35,36)37;1-31(2,3)43-30(41)36(15-14-29(39)40)19-28(38)37-16-13-23-18-24(10-12-27(23)37)42-20-21-9-11-25(22-7-5-4-6-8-22)26(17-21)32(33,34)35/h9,11-14,19-20H,5-8,10,15-18,21-22H2,1-4H3;7,9-12,17-18H,4-6,8,13-16,19-20H2,1-3H3,(H,39,40). The van der Waals surface area contributed by atoms with Crippen molar-refractivity contribution in [3.8, 4) is 11.5 Å². The van der Waals surface area contributed by atoms with Crippen LogP contribution in [0, 0.1) is 0 Å². The highest BCUT2D eigenvalue weighted by molar-refractivity contribution is 5.99. The van der Waals surface area contributed by atoms with Crippen LogP contribution in [0.2, 0.25) is 0 Å². The van der Waals surface area contributed by atoms with Crippen molar-refractivity contribution in [1.29, 1.82) is 0 Å². The maximum absolute atomic E-state index is 14.0. The molecule has 1 N–H and O–H groups in total. The molecule has 0 unspecified atom stereocenters. The number of amides is 4. The van der Waals surface area contributed by atoms with Crippen LogP contribution in [-0.2, 0) is 71.8 Å². The van der Waals surface area contributed by atoms with E-state index >= 15 is 0 Å². The molecule has 0 atom stereocenters. The summed E-state index contributed by atoms with van der Waals surface area (Å²) in [5.74, 6) is -1.39. The third-order valence-electron chi connectivity index (χ3n) is 14.8. The highest BCUT2D eigenvalue weighted by atomic mass is 19.4. The summed E-state index contributed by atoms with van der Waals surface area (Å²) in [5.41, 5.74) is 2.77. The Kier molecular flexibility index (Phi) is 22.5. The summed E-state index contributed by atoms with van der Waals surface area (Å²) in [6, 6.07) is 19.0. The van der Waals surface area contributed by atoms with Gasteiger partial charge in [-0.25, -0.2) is 9.59 Å². The minimum absolute atomic E-state index is 0.0401. The minimum Gasteiger partial charge on any atom is -0.489 e. The average Bonchev–Trinajstić information content (AvgIpc) is 2.91. The first-order chi connectivity index (χ1) is 41.5. The number of hydrogen-bond donors (Lipinski definition) is 1. The Labute approximate surface area is 509 Å². The molecule has 22 heteroatoms. The molecule has 0 spiro atoms. The minimum atomic E-state index is -4.49. The molecule has 4 amide bonds. The normalized spacial score (nSPS) is 14.9. The molecule has 4 aromatic rings. The van der Waals surface area contributed by atoms with E-state index in [1.807, 2.05) is 12.2 Å². The summed E-state index contributed by atoms with van der Waals surface area (Å²) >= 11 is 0. The number of allylic oxidation sites excluding steroid dienone is 4. The van der Waals surface area contributed by atoms with E-state index in [1.54, 1.807) is 102 Å². The Bertz CT molecular complexity index is 3250. The molecule has 2 heterocycles. The lowest BCUT2D eigenvalue weighted by molar-refractivity contribution is -0.143. The van der Waals surface area contributed by atoms with Gasteiger partial charge >= 0.3 is 36.5 Å². The average molecular weight is 1230 g/mol. The monoisotopic (exact) mass is 1230 g/mol. The van der Waals surface area contributed by atoms with Gasteiger partial charge in [0.05, 0.1) is 30.6 Å². The number of alkyl halides is 6. The number of halogens is 6. The van der Waals surface area contributed by atoms with Crippen molar-refractivity contribution in [2.75, 3.05) is 55.7 Å². The number of carboxylic acids is 1. The van der Waals surface area contributed by atoms with E-state index in [-0.39, 0.29) is 75.9 Å². The summed E-state index contributed by atoms with van der Waals surface area (Å²) in [7, 11) is 0. The summed E-state index contributed by atoms with van der Waals surface area (Å²) in [4.78, 5) is 80.4. The van der Waals surface area contributed by atoms with Crippen molar-refractivity contribution in [2.24, 2.45) is 0 Å². The number of fused-ring (bicyclic) bond motifs is 2. The van der Waals surface area contributed by atoms with Gasteiger partial charge in [-0.1, -0.05) is 36.4 Å². The lowest BCUT2D eigenvalue weighted by Gasteiger charge is -2.28. The second-order valence-electron chi connectivity index (χ2n) is 24.0. The number of carbonyl (C=O) groups excluding carboxylic acids is 5. The van der Waals surface area contributed by atoms with Gasteiger partial charge in [-0.05, 0) is 206 Å². The molecule has 88 heavy (non-hydrogen) atoms. The lowest BCUT2D eigenvalue weighted by Crippen LogP contribution is -2.45. The molecule has 2 aliphatic heterocycles. The van der Waals surface area contributed by atoms with E-state index in [4.69, 9.17) is 28.8 Å². The zero-order valence-electron chi connectivity index (χ0n) is 50.9. The van der Waals surface area contributed by atoms with E-state index < -0.39 is 64.7 Å². The predicted octanol–water partition coefficient (Wildman–Crippen LogP) is 14.2. The molecule has 16 nitrogen and oxygen atoms in total. The summed E-state index contributed by atoms with van der Waals surface area (Å²) in [5, 5.41) is 9.07. The molecule has 4 aromatic carbocycles. The van der Waals surface area contributed by atoms with E-state index in [0.29, 0.717) is 72.8 Å². The molecular formula is C66H78F6N4O12. The van der Waals surface area contributed by atoms with Crippen molar-refractivity contribution in [1.82, 2.24) is 9.80 Å². The number of nitrogens with zero attached hydrogens (tertiary/aromatic N) is 4. The van der Waals surface area contributed by atoms with E-state index in [0.717, 1.165) is 77.8 Å². The van der Waals surface area contributed by atoms with Crippen molar-refractivity contribution in [3.05, 3.63) is 129 Å². The van der Waals surface area contributed by atoms with Crippen LogP contribution in [0.1, 0.15) is 157 Å². The third kappa shape index (κ3) is 19.2. The Balaban J connectivity index is 0.000000251. The molecule has 0 radical (unpaired) electrons. The second kappa shape index (κ2) is 29.3. The highest BCUT2D eigenvalue weighted by Crippen LogP contribution is 2.41. The quantitative estimate of drug-likeness (QED) is 0.0534. The van der Waals surface area contributed by atoms with Gasteiger partial charge in [-0.2, -0.15) is 26.3 Å². The van der Waals surface area contributed by atoms with Crippen molar-refractivity contribution in [3.63, 3.8) is 0 Å². The Morgan fingerprint density at radius 1 is 0.545 bits per heavy atom. The van der Waals surface area contributed by atoms with E-state index in [1.165, 1.54) is 21.9 Å².